The van der Waals surface area contributed by atoms with Gasteiger partial charge in [0.25, 0.3) is 5.91 Å². The van der Waals surface area contributed by atoms with Crippen molar-refractivity contribution in [2.24, 2.45) is 11.8 Å². The number of rotatable bonds is 9. The zero-order valence-corrected chi connectivity index (χ0v) is 20.5. The van der Waals surface area contributed by atoms with Crippen LogP contribution in [-0.4, -0.2) is 64.7 Å². The van der Waals surface area contributed by atoms with Gasteiger partial charge in [0.1, 0.15) is 0 Å². The fourth-order valence-electron chi connectivity index (χ4n) is 4.77. The van der Waals surface area contributed by atoms with Crippen LogP contribution in [0.1, 0.15) is 29.8 Å². The molecule has 2 aromatic carbocycles. The summed E-state index contributed by atoms with van der Waals surface area (Å²) in [7, 11) is 1.22. The van der Waals surface area contributed by atoms with E-state index in [1.54, 1.807) is 17.3 Å². The molecule has 0 aromatic heterocycles. The van der Waals surface area contributed by atoms with E-state index in [2.05, 4.69) is 15.1 Å². The Balaban J connectivity index is 1.65. The number of aliphatic hydroxyl groups excluding tert-OH is 2. The molecule has 2 aromatic rings. The van der Waals surface area contributed by atoms with Gasteiger partial charge in [-0.15, -0.1) is 0 Å². The number of benzene rings is 2. The smallest absolute Gasteiger partial charge is 0.365 e. The van der Waals surface area contributed by atoms with Crippen molar-refractivity contribution in [2.75, 3.05) is 20.3 Å². The second-order valence-corrected chi connectivity index (χ2v) is 9.80. The van der Waals surface area contributed by atoms with Crippen LogP contribution >= 0.6 is 11.9 Å². The van der Waals surface area contributed by atoms with Crippen molar-refractivity contribution in [1.82, 2.24) is 9.62 Å². The summed E-state index contributed by atoms with van der Waals surface area (Å²) in [5.41, 5.74) is 2.06. The molecule has 0 aliphatic carbocycles. The zero-order valence-electron chi connectivity index (χ0n) is 19.7. The van der Waals surface area contributed by atoms with Gasteiger partial charge in [-0.2, -0.15) is 4.89 Å². The van der Waals surface area contributed by atoms with Crippen molar-refractivity contribution in [1.29, 1.82) is 0 Å². The van der Waals surface area contributed by atoms with Crippen LogP contribution in [0.2, 0.25) is 0 Å². The summed E-state index contributed by atoms with van der Waals surface area (Å²) in [4.78, 5) is 47.7. The molecule has 0 spiro atoms. The van der Waals surface area contributed by atoms with Crippen molar-refractivity contribution in [3.05, 3.63) is 53.1 Å². The van der Waals surface area contributed by atoms with Crippen molar-refractivity contribution in [3.8, 4) is 0 Å². The Bertz CT molecular complexity index is 1200. The van der Waals surface area contributed by atoms with Crippen LogP contribution in [0.25, 0.3) is 10.8 Å². The molecule has 2 heterocycles. The summed E-state index contributed by atoms with van der Waals surface area (Å²) in [5.74, 6) is -2.18. The Labute approximate surface area is 207 Å². The molecule has 1 fully saturated rings. The molecular weight excluding hydrogens is 472 g/mol. The second-order valence-electron chi connectivity index (χ2n) is 8.74. The van der Waals surface area contributed by atoms with Crippen LogP contribution in [0.5, 0.6) is 0 Å². The van der Waals surface area contributed by atoms with Crippen LogP contribution in [-0.2, 0) is 25.8 Å². The molecule has 4 atom stereocenters. The zero-order chi connectivity index (χ0) is 25.3. The number of hydrogen-bond acceptors (Lipinski definition) is 8. The van der Waals surface area contributed by atoms with Gasteiger partial charge in [0.2, 0.25) is 5.91 Å². The highest BCUT2D eigenvalue weighted by atomic mass is 32.2. The molecule has 4 rings (SSSR count). The Morgan fingerprint density at radius 2 is 2.03 bits per heavy atom. The fraction of sp³-hybridized carbons (Fsp3) is 0.400. The lowest BCUT2D eigenvalue weighted by molar-refractivity contribution is -0.249. The van der Waals surface area contributed by atoms with Crippen LogP contribution in [0, 0.1) is 11.8 Å². The lowest BCUT2D eigenvalue weighted by atomic mass is 9.76. The van der Waals surface area contributed by atoms with Gasteiger partial charge in [0.15, 0.2) is 0 Å². The Morgan fingerprint density at radius 1 is 1.26 bits per heavy atom. The number of carbonyl (C=O) groups is 3. The van der Waals surface area contributed by atoms with E-state index in [0.717, 1.165) is 21.2 Å². The van der Waals surface area contributed by atoms with Gasteiger partial charge in [0, 0.05) is 40.5 Å². The van der Waals surface area contributed by atoms with Crippen molar-refractivity contribution >= 4 is 40.5 Å². The number of nitrogens with one attached hydrogen (secondary N) is 1. The van der Waals surface area contributed by atoms with E-state index >= 15 is 0 Å². The van der Waals surface area contributed by atoms with E-state index in [-0.39, 0.29) is 30.9 Å². The van der Waals surface area contributed by atoms with E-state index in [1.165, 1.54) is 25.1 Å². The van der Waals surface area contributed by atoms with Crippen LogP contribution in [0.15, 0.2) is 46.9 Å². The topological polar surface area (TPSA) is 125 Å². The minimum absolute atomic E-state index is 0.0145. The second kappa shape index (κ2) is 10.4. The summed E-state index contributed by atoms with van der Waals surface area (Å²) in [6, 6.07) is 9.02. The van der Waals surface area contributed by atoms with E-state index in [9.17, 15) is 24.6 Å². The summed E-state index contributed by atoms with van der Waals surface area (Å²) in [5, 5.41) is 24.0. The van der Waals surface area contributed by atoms with Crippen molar-refractivity contribution < 1.29 is 34.4 Å². The molecule has 0 saturated carbocycles. The third-order valence-electron chi connectivity index (χ3n) is 6.58. The highest BCUT2D eigenvalue weighted by Crippen LogP contribution is 2.41. The predicted molar refractivity (Wildman–Crippen MR) is 129 cm³/mol. The van der Waals surface area contributed by atoms with Gasteiger partial charge in [-0.05, 0) is 53.9 Å². The van der Waals surface area contributed by atoms with Crippen LogP contribution < -0.4 is 5.32 Å². The number of carbonyl (C=O) groups excluding carboxylic acids is 3. The Morgan fingerprint density at radius 3 is 2.69 bits per heavy atom. The molecule has 10 heteroatoms. The van der Waals surface area contributed by atoms with Crippen LogP contribution in [0.4, 0.5) is 0 Å². The first-order valence-corrected chi connectivity index (χ1v) is 12.1. The fourth-order valence-corrected chi connectivity index (χ4v) is 5.85. The van der Waals surface area contributed by atoms with Gasteiger partial charge < -0.3 is 15.5 Å². The lowest BCUT2D eigenvalue weighted by Gasteiger charge is -2.43. The average molecular weight is 501 g/mol. The first-order chi connectivity index (χ1) is 16.8. The largest absolute Gasteiger partial charge is 0.396 e. The van der Waals surface area contributed by atoms with E-state index < -0.39 is 24.0 Å². The quantitative estimate of drug-likeness (QED) is 0.157. The van der Waals surface area contributed by atoms with Crippen LogP contribution in [0.3, 0.4) is 0 Å². The first kappa shape index (κ1) is 25.2. The Kier molecular flexibility index (Phi) is 7.46. The first-order valence-electron chi connectivity index (χ1n) is 11.4. The summed E-state index contributed by atoms with van der Waals surface area (Å²) in [6.45, 7) is 3.50. The predicted octanol–water partition coefficient (Wildman–Crippen LogP) is 2.00. The highest BCUT2D eigenvalue weighted by Gasteiger charge is 2.46. The highest BCUT2D eigenvalue weighted by molar-refractivity contribution is 7.98. The molecule has 186 valence electrons. The monoisotopic (exact) mass is 500 g/mol. The third kappa shape index (κ3) is 4.79. The van der Waals surface area contributed by atoms with Crippen molar-refractivity contribution in [3.63, 3.8) is 0 Å². The minimum Gasteiger partial charge on any atom is -0.396 e. The summed E-state index contributed by atoms with van der Waals surface area (Å²) >= 11 is 1.28. The van der Waals surface area contributed by atoms with Gasteiger partial charge in [-0.1, -0.05) is 25.1 Å². The standard InChI is InChI=1S/C25H28N2O7S/c1-13(23-21(14(2)29)24(31)26-23)16(11-20(30)34-33-3)12-27-25(32)18-6-4-5-17-15(9-10-28)7-8-19(35-27)22(17)18/h4-8,11,13-14,21,23,28-29H,9-10,12H2,1-3H3,(H,26,31)/b16-11+. The molecule has 3 N–H and O–H groups in total. The van der Waals surface area contributed by atoms with Gasteiger partial charge in [-0.3, -0.25) is 18.8 Å². The molecule has 4 unspecified atom stereocenters. The number of amides is 2. The molecule has 0 bridgehead atoms. The molecule has 2 amide bonds. The number of aliphatic hydroxyl groups is 2. The van der Waals surface area contributed by atoms with Gasteiger partial charge in [-0.25, -0.2) is 4.79 Å². The summed E-state index contributed by atoms with van der Waals surface area (Å²) in [6.07, 6.45) is 0.908. The van der Waals surface area contributed by atoms with Crippen molar-refractivity contribution in [2.45, 2.75) is 37.3 Å². The number of hydrogen-bond donors (Lipinski definition) is 3. The van der Waals surface area contributed by atoms with E-state index in [1.807, 2.05) is 31.2 Å². The molecule has 1 saturated heterocycles. The maximum atomic E-state index is 13.5. The number of nitrogens with zero attached hydrogens (tertiary/aromatic N) is 1. The van der Waals surface area contributed by atoms with Gasteiger partial charge >= 0.3 is 5.97 Å². The molecule has 0 radical (unpaired) electrons. The Hall–Kier alpha value is -2.92. The number of β-lactam (4-membered cyclic amide) rings is 1. The SMILES string of the molecule is COOC(=O)/C=C(\CN1Sc2ccc(CCO)c3cccc(c23)C1=O)C(C)C1NC(=O)C1C(C)O. The molecule has 2 aliphatic heterocycles. The van der Waals surface area contributed by atoms with E-state index in [0.29, 0.717) is 17.6 Å². The average Bonchev–Trinajstić information content (AvgIpc) is 2.80. The molecular formula is C25H28N2O7S. The molecule has 9 nitrogen and oxygen atoms in total. The molecule has 2 aliphatic rings. The summed E-state index contributed by atoms with van der Waals surface area (Å²) < 4.78 is 1.57. The molecule has 35 heavy (non-hydrogen) atoms. The minimum atomic E-state index is -0.855. The maximum absolute atomic E-state index is 13.5. The third-order valence-corrected chi connectivity index (χ3v) is 7.63. The lowest BCUT2D eigenvalue weighted by Crippen LogP contribution is -2.64. The van der Waals surface area contributed by atoms with Gasteiger partial charge in [0.05, 0.1) is 25.7 Å². The normalized spacial score (nSPS) is 21.4. The maximum Gasteiger partial charge on any atom is 0.365 e. The van der Waals surface area contributed by atoms with E-state index in [4.69, 9.17) is 0 Å².